The van der Waals surface area contributed by atoms with Crippen LogP contribution < -0.4 is 0 Å². The number of para-hydroxylation sites is 3. The molecule has 0 N–H and O–H groups in total. The van der Waals surface area contributed by atoms with Crippen LogP contribution in [0, 0.1) is 0 Å². The van der Waals surface area contributed by atoms with Crippen LogP contribution in [0.25, 0.3) is 111 Å². The minimum Gasteiger partial charge on any atom is -0.308 e. The molecule has 0 radical (unpaired) electrons. The first-order valence-corrected chi connectivity index (χ1v) is 18.3. The topological polar surface area (TPSA) is 48.0 Å². The molecule has 54 heavy (non-hydrogen) atoms. The molecule has 0 atom stereocenters. The minimum absolute atomic E-state index is 0.625. The second-order valence-corrected chi connectivity index (χ2v) is 14.0. The number of aromatic nitrogens is 5. The lowest BCUT2D eigenvalue weighted by molar-refractivity contribution is 1.07. The van der Waals surface area contributed by atoms with Crippen molar-refractivity contribution in [3.8, 4) is 39.9 Å². The Morgan fingerprint density at radius 3 is 1.76 bits per heavy atom. The van der Waals surface area contributed by atoms with Gasteiger partial charge >= 0.3 is 0 Å². The first-order chi connectivity index (χ1) is 26.8. The van der Waals surface area contributed by atoms with Gasteiger partial charge in [-0.2, -0.15) is 0 Å². The monoisotopic (exact) mass is 687 g/mol. The molecule has 0 amide bonds. The van der Waals surface area contributed by atoms with E-state index in [1.165, 1.54) is 48.9 Å². The van der Waals surface area contributed by atoms with Crippen molar-refractivity contribution in [2.45, 2.75) is 0 Å². The Bertz CT molecular complexity index is 3440. The van der Waals surface area contributed by atoms with Crippen molar-refractivity contribution < 1.29 is 0 Å². The van der Waals surface area contributed by atoms with Crippen molar-refractivity contribution in [1.29, 1.82) is 0 Å². The molecule has 12 rings (SSSR count). The fourth-order valence-corrected chi connectivity index (χ4v) is 8.86. The summed E-state index contributed by atoms with van der Waals surface area (Å²) < 4.78 is 4.89. The van der Waals surface area contributed by atoms with Gasteiger partial charge in [0, 0.05) is 43.6 Å². The Kier molecular flexibility index (Phi) is 5.99. The van der Waals surface area contributed by atoms with E-state index in [0.717, 1.165) is 44.2 Å². The van der Waals surface area contributed by atoms with Gasteiger partial charge in [-0.1, -0.05) is 140 Å². The maximum absolute atomic E-state index is 5.29. The van der Waals surface area contributed by atoms with Crippen LogP contribution in [-0.2, 0) is 0 Å². The number of nitrogens with zero attached hydrogens (tertiary/aromatic N) is 5. The predicted octanol–water partition coefficient (Wildman–Crippen LogP) is 12.3. The summed E-state index contributed by atoms with van der Waals surface area (Å²) >= 11 is 0. The van der Waals surface area contributed by atoms with E-state index >= 15 is 0 Å². The molecule has 8 aromatic carbocycles. The van der Waals surface area contributed by atoms with Crippen LogP contribution >= 0.6 is 0 Å². The number of hydrogen-bond donors (Lipinski definition) is 0. The molecule has 0 unspecified atom stereocenters. The highest BCUT2D eigenvalue weighted by atomic mass is 15.1. The second kappa shape index (κ2) is 11.1. The summed E-state index contributed by atoms with van der Waals surface area (Å²) in [6, 6.07) is 62.4. The molecule has 4 heterocycles. The first-order valence-electron chi connectivity index (χ1n) is 18.3. The van der Waals surface area contributed by atoms with Gasteiger partial charge in [0.1, 0.15) is 0 Å². The van der Waals surface area contributed by atoms with E-state index < -0.39 is 0 Å². The van der Waals surface area contributed by atoms with Gasteiger partial charge in [-0.3, -0.25) is 0 Å². The van der Waals surface area contributed by atoms with Gasteiger partial charge in [-0.05, 0) is 52.6 Å². The lowest BCUT2D eigenvalue weighted by Crippen LogP contribution is -2.03. The molecule has 0 aliphatic heterocycles. The lowest BCUT2D eigenvalue weighted by Gasteiger charge is -2.15. The molecule has 5 nitrogen and oxygen atoms in total. The highest BCUT2D eigenvalue weighted by Crippen LogP contribution is 2.45. The Labute approximate surface area is 309 Å². The van der Waals surface area contributed by atoms with E-state index in [1.807, 2.05) is 18.2 Å². The Balaban J connectivity index is 1.19. The average molecular weight is 688 g/mol. The summed E-state index contributed by atoms with van der Waals surface area (Å²) in [5, 5.41) is 9.73. The average Bonchev–Trinajstić information content (AvgIpc) is 3.72. The molecule has 5 heteroatoms. The van der Waals surface area contributed by atoms with Gasteiger partial charge in [0.15, 0.2) is 17.5 Å². The molecule has 0 aliphatic rings. The van der Waals surface area contributed by atoms with Gasteiger partial charge in [0.2, 0.25) is 0 Å². The molecular weight excluding hydrogens is 659 g/mol. The molecule has 12 aromatic rings. The molecule has 0 spiro atoms. The van der Waals surface area contributed by atoms with E-state index in [-0.39, 0.29) is 0 Å². The van der Waals surface area contributed by atoms with Crippen molar-refractivity contribution in [2.24, 2.45) is 0 Å². The summed E-state index contributed by atoms with van der Waals surface area (Å²) in [6.45, 7) is 0. The zero-order valence-corrected chi connectivity index (χ0v) is 29.0. The van der Waals surface area contributed by atoms with Gasteiger partial charge in [0.25, 0.3) is 0 Å². The number of rotatable bonds is 4. The third-order valence-electron chi connectivity index (χ3n) is 11.1. The Hall–Kier alpha value is -7.37. The van der Waals surface area contributed by atoms with Crippen molar-refractivity contribution in [2.75, 3.05) is 0 Å². The van der Waals surface area contributed by atoms with Crippen molar-refractivity contribution >= 4 is 70.7 Å². The van der Waals surface area contributed by atoms with Gasteiger partial charge in [-0.15, -0.1) is 0 Å². The molecule has 0 aliphatic carbocycles. The Morgan fingerprint density at radius 1 is 0.333 bits per heavy atom. The van der Waals surface area contributed by atoms with Crippen LogP contribution in [-0.4, -0.2) is 23.9 Å². The fourth-order valence-electron chi connectivity index (χ4n) is 8.86. The van der Waals surface area contributed by atoms with Crippen LogP contribution in [0.3, 0.4) is 0 Å². The van der Waals surface area contributed by atoms with Crippen LogP contribution in [0.2, 0.25) is 0 Å². The quantitative estimate of drug-likeness (QED) is 0.185. The van der Waals surface area contributed by atoms with E-state index in [9.17, 15) is 0 Å². The molecular formula is C49H29N5. The Morgan fingerprint density at radius 2 is 0.870 bits per heavy atom. The van der Waals surface area contributed by atoms with Crippen LogP contribution in [0.15, 0.2) is 176 Å². The summed E-state index contributed by atoms with van der Waals surface area (Å²) in [5.41, 5.74) is 9.77. The lowest BCUT2D eigenvalue weighted by atomic mass is 10.0. The molecule has 0 saturated carbocycles. The highest BCUT2D eigenvalue weighted by molar-refractivity contribution is 6.31. The van der Waals surface area contributed by atoms with E-state index in [4.69, 9.17) is 15.0 Å². The SMILES string of the molecule is c1ccc(-c2nc(-c3ccccc3-n3c4cccc5c6cccc7c8ccccc8n(c8cccc3c8c54)c67)nc(-c3cccc4ccccc34)n2)cc1. The van der Waals surface area contributed by atoms with Crippen LogP contribution in [0.1, 0.15) is 0 Å². The van der Waals surface area contributed by atoms with Gasteiger partial charge < -0.3 is 8.97 Å². The molecule has 0 saturated heterocycles. The molecule has 4 aromatic heterocycles. The summed E-state index contributed by atoms with van der Waals surface area (Å²) in [6.07, 6.45) is 0. The summed E-state index contributed by atoms with van der Waals surface area (Å²) in [7, 11) is 0. The standard InChI is InChI=1S/C49H29N5/c1-2-15-31(16-3-1)47-50-48(37-24-10-17-30-14-4-5-18-32(30)37)52-49(51-47)38-20-7-9-26-40(38)53-41-27-12-21-34-36-23-11-22-35-33-19-6-8-25-39(33)54(46(35)36)43-29-13-28-42(53)45(43)44(34)41/h1-29H. The predicted molar refractivity (Wildman–Crippen MR) is 223 cm³/mol. The van der Waals surface area contributed by atoms with E-state index in [0.29, 0.717) is 17.5 Å². The van der Waals surface area contributed by atoms with Crippen molar-refractivity contribution in [3.63, 3.8) is 0 Å². The van der Waals surface area contributed by atoms with Gasteiger partial charge in [-0.25, -0.2) is 15.0 Å². The van der Waals surface area contributed by atoms with E-state index in [1.54, 1.807) is 0 Å². The highest BCUT2D eigenvalue weighted by Gasteiger charge is 2.24. The van der Waals surface area contributed by atoms with Crippen LogP contribution in [0.4, 0.5) is 0 Å². The third-order valence-corrected chi connectivity index (χ3v) is 11.1. The maximum atomic E-state index is 5.29. The third kappa shape index (κ3) is 4.01. The maximum Gasteiger partial charge on any atom is 0.166 e. The fraction of sp³-hybridized carbons (Fsp3) is 0. The van der Waals surface area contributed by atoms with Crippen molar-refractivity contribution in [3.05, 3.63) is 176 Å². The molecule has 0 bridgehead atoms. The van der Waals surface area contributed by atoms with E-state index in [2.05, 4.69) is 167 Å². The second-order valence-electron chi connectivity index (χ2n) is 14.0. The number of fused-ring (bicyclic) bond motifs is 6. The zero-order chi connectivity index (χ0) is 35.3. The normalized spacial score (nSPS) is 12.1. The van der Waals surface area contributed by atoms with Gasteiger partial charge in [0.05, 0.1) is 33.3 Å². The zero-order valence-electron chi connectivity index (χ0n) is 29.0. The summed E-state index contributed by atoms with van der Waals surface area (Å²) in [5.74, 6) is 1.91. The van der Waals surface area contributed by atoms with Crippen LogP contribution in [0.5, 0.6) is 0 Å². The first kappa shape index (κ1) is 29.2. The number of benzene rings is 8. The summed E-state index contributed by atoms with van der Waals surface area (Å²) in [4.78, 5) is 15.6. The largest absolute Gasteiger partial charge is 0.308 e. The minimum atomic E-state index is 0.625. The smallest absolute Gasteiger partial charge is 0.166 e. The molecule has 250 valence electrons. The molecule has 0 fully saturated rings. The number of hydrogen-bond acceptors (Lipinski definition) is 3. The van der Waals surface area contributed by atoms with Crippen molar-refractivity contribution in [1.82, 2.24) is 23.9 Å².